The van der Waals surface area contributed by atoms with Crippen LogP contribution in [0.15, 0.2) is 12.1 Å². The summed E-state index contributed by atoms with van der Waals surface area (Å²) >= 11 is 0. The quantitative estimate of drug-likeness (QED) is 0.865. The molecule has 19 heavy (non-hydrogen) atoms. The first-order valence-corrected chi connectivity index (χ1v) is 5.51. The summed E-state index contributed by atoms with van der Waals surface area (Å²) in [6.07, 6.45) is -4.26. The van der Waals surface area contributed by atoms with Crippen molar-refractivity contribution in [3.63, 3.8) is 0 Å². The second kappa shape index (κ2) is 5.41. The molecule has 1 rings (SSSR count). The van der Waals surface area contributed by atoms with Gasteiger partial charge in [0.2, 0.25) is 0 Å². The van der Waals surface area contributed by atoms with E-state index in [1.165, 1.54) is 6.07 Å². The van der Waals surface area contributed by atoms with Crippen molar-refractivity contribution >= 4 is 11.8 Å². The predicted molar refractivity (Wildman–Crippen MR) is 61.6 cm³/mol. The number of hydrogen-bond donors (Lipinski definition) is 2. The molecule has 2 N–H and O–H groups in total. The van der Waals surface area contributed by atoms with E-state index >= 15 is 0 Å². The lowest BCUT2D eigenvalue weighted by atomic mass is 9.98. The number of nitrogens with one attached hydrogen (secondary N) is 1. The average molecular weight is 277 g/mol. The standard InChI is InChI=1S/C11H14F3N3O2/c1-10(2,6-5-9(18)19)15-8-4-3-7(16-17-8)11(12,13)14/h3-4H,5-6H2,1-2H3,(H,15,17)(H,18,19). The number of carboxylic acids is 1. The molecule has 0 bridgehead atoms. The van der Waals surface area contributed by atoms with Gasteiger partial charge in [0.1, 0.15) is 5.82 Å². The maximum absolute atomic E-state index is 12.3. The second-order valence-corrected chi connectivity index (χ2v) is 4.70. The van der Waals surface area contributed by atoms with Gasteiger partial charge in [-0.3, -0.25) is 4.79 Å². The summed E-state index contributed by atoms with van der Waals surface area (Å²) in [5.41, 5.74) is -1.67. The van der Waals surface area contributed by atoms with Crippen LogP contribution in [0.1, 0.15) is 32.4 Å². The fourth-order valence-corrected chi connectivity index (χ4v) is 1.38. The van der Waals surface area contributed by atoms with Gasteiger partial charge in [0.05, 0.1) is 0 Å². The summed E-state index contributed by atoms with van der Waals surface area (Å²) in [6, 6.07) is 1.99. The Bertz CT molecular complexity index is 443. The Morgan fingerprint density at radius 3 is 2.37 bits per heavy atom. The van der Waals surface area contributed by atoms with Crippen molar-refractivity contribution in [3.8, 4) is 0 Å². The highest BCUT2D eigenvalue weighted by molar-refractivity contribution is 5.66. The molecule has 0 aliphatic carbocycles. The first kappa shape index (κ1) is 15.2. The number of anilines is 1. The number of carbonyl (C=O) groups is 1. The molecule has 0 spiro atoms. The lowest BCUT2D eigenvalue weighted by Crippen LogP contribution is -2.32. The molecular formula is C11H14F3N3O2. The molecule has 0 aliphatic rings. The van der Waals surface area contributed by atoms with E-state index in [4.69, 9.17) is 5.11 Å². The number of aromatic nitrogens is 2. The highest BCUT2D eigenvalue weighted by Gasteiger charge is 2.33. The summed E-state index contributed by atoms with van der Waals surface area (Å²) in [5, 5.41) is 17.9. The van der Waals surface area contributed by atoms with E-state index in [1.54, 1.807) is 13.8 Å². The minimum atomic E-state index is -4.52. The first-order valence-electron chi connectivity index (χ1n) is 5.51. The van der Waals surface area contributed by atoms with Gasteiger partial charge in [-0.2, -0.15) is 13.2 Å². The minimum Gasteiger partial charge on any atom is -0.481 e. The van der Waals surface area contributed by atoms with Crippen LogP contribution < -0.4 is 5.32 Å². The van der Waals surface area contributed by atoms with E-state index in [9.17, 15) is 18.0 Å². The van der Waals surface area contributed by atoms with Gasteiger partial charge in [-0.15, -0.1) is 10.2 Å². The Morgan fingerprint density at radius 2 is 1.95 bits per heavy atom. The van der Waals surface area contributed by atoms with Gasteiger partial charge in [-0.1, -0.05) is 0 Å². The van der Waals surface area contributed by atoms with E-state index in [1.807, 2.05) is 0 Å². The van der Waals surface area contributed by atoms with Gasteiger partial charge in [-0.25, -0.2) is 0 Å². The van der Waals surface area contributed by atoms with Crippen LogP contribution in [0.25, 0.3) is 0 Å². The Balaban J connectivity index is 2.69. The van der Waals surface area contributed by atoms with Crippen LogP contribution in [0.5, 0.6) is 0 Å². The molecule has 0 unspecified atom stereocenters. The van der Waals surface area contributed by atoms with Crippen LogP contribution in [0.4, 0.5) is 19.0 Å². The van der Waals surface area contributed by atoms with Gasteiger partial charge >= 0.3 is 12.1 Å². The smallest absolute Gasteiger partial charge is 0.435 e. The second-order valence-electron chi connectivity index (χ2n) is 4.70. The maximum atomic E-state index is 12.3. The summed E-state index contributed by atoms with van der Waals surface area (Å²) in [6.45, 7) is 3.46. The van der Waals surface area contributed by atoms with Gasteiger partial charge in [0.25, 0.3) is 0 Å². The highest BCUT2D eigenvalue weighted by atomic mass is 19.4. The molecule has 0 saturated heterocycles. The van der Waals surface area contributed by atoms with Crippen molar-refractivity contribution in [2.75, 3.05) is 5.32 Å². The Morgan fingerprint density at radius 1 is 1.32 bits per heavy atom. The van der Waals surface area contributed by atoms with Crippen molar-refractivity contribution < 1.29 is 23.1 Å². The number of alkyl halides is 3. The summed E-state index contributed by atoms with van der Waals surface area (Å²) in [4.78, 5) is 10.5. The number of hydrogen-bond acceptors (Lipinski definition) is 4. The first-order chi connectivity index (χ1) is 8.60. The van der Waals surface area contributed by atoms with E-state index < -0.39 is 23.4 Å². The van der Waals surface area contributed by atoms with Crippen LogP contribution in [-0.2, 0) is 11.0 Å². The highest BCUT2D eigenvalue weighted by Crippen LogP contribution is 2.27. The molecule has 1 heterocycles. The SMILES string of the molecule is CC(C)(CCC(=O)O)Nc1ccc(C(F)(F)F)nn1. The molecule has 1 aromatic heterocycles. The monoisotopic (exact) mass is 277 g/mol. The van der Waals surface area contributed by atoms with Gasteiger partial charge in [0, 0.05) is 12.0 Å². The molecule has 0 fully saturated rings. The van der Waals surface area contributed by atoms with Crippen LogP contribution >= 0.6 is 0 Å². The lowest BCUT2D eigenvalue weighted by Gasteiger charge is -2.26. The Hall–Kier alpha value is -1.86. The maximum Gasteiger partial charge on any atom is 0.435 e. The van der Waals surface area contributed by atoms with Crippen LogP contribution in [0.3, 0.4) is 0 Å². The third-order valence-electron chi connectivity index (χ3n) is 2.39. The van der Waals surface area contributed by atoms with Crippen LogP contribution in [-0.4, -0.2) is 26.8 Å². The van der Waals surface area contributed by atoms with Crippen molar-refractivity contribution in [3.05, 3.63) is 17.8 Å². The predicted octanol–water partition coefficient (Wildman–Crippen LogP) is 2.55. The topological polar surface area (TPSA) is 75.1 Å². The number of halogens is 3. The molecule has 0 saturated carbocycles. The van der Waals surface area contributed by atoms with Crippen molar-refractivity contribution in [2.24, 2.45) is 0 Å². The third-order valence-corrected chi connectivity index (χ3v) is 2.39. The molecule has 0 radical (unpaired) electrons. The molecule has 0 atom stereocenters. The Labute approximate surface area is 107 Å². The van der Waals surface area contributed by atoms with Crippen LogP contribution in [0, 0.1) is 0 Å². The fourth-order valence-electron chi connectivity index (χ4n) is 1.38. The summed E-state index contributed by atoms with van der Waals surface area (Å²) in [7, 11) is 0. The number of aliphatic carboxylic acids is 1. The summed E-state index contributed by atoms with van der Waals surface area (Å²) < 4.78 is 36.8. The largest absolute Gasteiger partial charge is 0.481 e. The molecule has 0 amide bonds. The number of carboxylic acid groups (broad SMARTS) is 1. The van der Waals surface area contributed by atoms with Crippen LogP contribution in [0.2, 0.25) is 0 Å². The van der Waals surface area contributed by atoms with Crippen molar-refractivity contribution in [2.45, 2.75) is 38.4 Å². The van der Waals surface area contributed by atoms with Crippen molar-refractivity contribution in [1.29, 1.82) is 0 Å². The zero-order valence-corrected chi connectivity index (χ0v) is 10.5. The summed E-state index contributed by atoms with van der Waals surface area (Å²) in [5.74, 6) is -0.767. The van der Waals surface area contributed by atoms with Gasteiger partial charge < -0.3 is 10.4 Å². The minimum absolute atomic E-state index is 0.0476. The third kappa shape index (κ3) is 5.11. The molecule has 5 nitrogen and oxygen atoms in total. The molecular weight excluding hydrogens is 263 g/mol. The average Bonchev–Trinajstić information content (AvgIpc) is 2.25. The van der Waals surface area contributed by atoms with E-state index in [0.29, 0.717) is 6.42 Å². The van der Waals surface area contributed by atoms with Gasteiger partial charge in [0.15, 0.2) is 5.69 Å². The Kier molecular flexibility index (Phi) is 4.33. The molecule has 1 aromatic rings. The van der Waals surface area contributed by atoms with E-state index in [-0.39, 0.29) is 12.2 Å². The molecule has 106 valence electrons. The fraction of sp³-hybridized carbons (Fsp3) is 0.545. The lowest BCUT2D eigenvalue weighted by molar-refractivity contribution is -0.141. The van der Waals surface area contributed by atoms with E-state index in [2.05, 4.69) is 15.5 Å². The number of nitrogens with zero attached hydrogens (tertiary/aromatic N) is 2. The normalized spacial score (nSPS) is 12.3. The molecule has 0 aliphatic heterocycles. The van der Waals surface area contributed by atoms with Gasteiger partial charge in [-0.05, 0) is 32.4 Å². The van der Waals surface area contributed by atoms with Crippen molar-refractivity contribution in [1.82, 2.24) is 10.2 Å². The zero-order valence-electron chi connectivity index (χ0n) is 10.5. The van der Waals surface area contributed by atoms with E-state index in [0.717, 1.165) is 6.07 Å². The number of rotatable bonds is 5. The molecule has 0 aromatic carbocycles. The molecule has 8 heteroatoms. The zero-order chi connectivity index (χ0) is 14.7.